The maximum atomic E-state index is 12.8. The zero-order valence-corrected chi connectivity index (χ0v) is 15.1. The number of hydrogen-bond donors (Lipinski definition) is 2. The summed E-state index contributed by atoms with van der Waals surface area (Å²) in [6.45, 7) is 2.89. The second kappa shape index (κ2) is 7.76. The summed E-state index contributed by atoms with van der Waals surface area (Å²) in [7, 11) is 0. The average Bonchev–Trinajstić information content (AvgIpc) is 3.36. The number of rotatable bonds is 5. The van der Waals surface area contributed by atoms with Crippen LogP contribution in [0.3, 0.4) is 0 Å². The molecule has 1 saturated heterocycles. The van der Waals surface area contributed by atoms with Gasteiger partial charge in [-0.05, 0) is 42.1 Å². The van der Waals surface area contributed by atoms with E-state index in [2.05, 4.69) is 48.4 Å². The lowest BCUT2D eigenvalue weighted by Gasteiger charge is -2.33. The van der Waals surface area contributed by atoms with Gasteiger partial charge in [0, 0.05) is 29.6 Å². The van der Waals surface area contributed by atoms with Gasteiger partial charge in [0.25, 0.3) is 5.91 Å². The molecule has 1 atom stereocenters. The van der Waals surface area contributed by atoms with Crippen LogP contribution in [0.4, 0.5) is 0 Å². The minimum Gasteiger partial charge on any atom is -0.348 e. The SMILES string of the molecule is O=C(N[C@H]1CCCN(Cc2cccs2)C1)c1ccccc1-c1nn[nH]n1. The number of amides is 1. The molecule has 1 fully saturated rings. The molecule has 8 heteroatoms. The van der Waals surface area contributed by atoms with Gasteiger partial charge in [0.05, 0.1) is 5.56 Å². The first-order valence-corrected chi connectivity index (χ1v) is 9.56. The fourth-order valence-corrected chi connectivity index (χ4v) is 4.10. The quantitative estimate of drug-likeness (QED) is 0.722. The van der Waals surface area contributed by atoms with E-state index < -0.39 is 0 Å². The zero-order valence-electron chi connectivity index (χ0n) is 14.3. The molecule has 3 aromatic rings. The van der Waals surface area contributed by atoms with Gasteiger partial charge in [0.2, 0.25) is 5.82 Å². The van der Waals surface area contributed by atoms with Gasteiger partial charge in [-0.25, -0.2) is 0 Å². The van der Waals surface area contributed by atoms with E-state index in [1.54, 1.807) is 17.4 Å². The number of piperidine rings is 1. The number of hydrogen-bond acceptors (Lipinski definition) is 6. The standard InChI is InChI=1S/C18H20N6OS/c25-18(16-8-2-1-7-15(16)17-20-22-23-21-17)19-13-5-3-9-24(11-13)12-14-6-4-10-26-14/h1-2,4,6-8,10,13H,3,5,9,11-12H2,(H,19,25)(H,20,21,22,23)/t13-/m0/s1. The number of carbonyl (C=O) groups excluding carboxylic acids is 1. The van der Waals surface area contributed by atoms with E-state index >= 15 is 0 Å². The van der Waals surface area contributed by atoms with Crippen molar-refractivity contribution in [3.05, 3.63) is 52.2 Å². The van der Waals surface area contributed by atoms with Crippen molar-refractivity contribution < 1.29 is 4.79 Å². The van der Waals surface area contributed by atoms with Crippen LogP contribution >= 0.6 is 11.3 Å². The normalized spacial score (nSPS) is 17.9. The first-order valence-electron chi connectivity index (χ1n) is 8.68. The third-order valence-electron chi connectivity index (χ3n) is 4.56. The second-order valence-electron chi connectivity index (χ2n) is 6.41. The molecule has 0 unspecified atom stereocenters. The van der Waals surface area contributed by atoms with Crippen molar-refractivity contribution in [3.63, 3.8) is 0 Å². The molecule has 1 aliphatic rings. The molecule has 134 valence electrons. The van der Waals surface area contributed by atoms with Crippen molar-refractivity contribution >= 4 is 17.2 Å². The first kappa shape index (κ1) is 16.9. The second-order valence-corrected chi connectivity index (χ2v) is 7.44. The Morgan fingerprint density at radius 1 is 1.31 bits per heavy atom. The molecule has 0 bridgehead atoms. The molecule has 0 aliphatic carbocycles. The average molecular weight is 368 g/mol. The predicted molar refractivity (Wildman–Crippen MR) is 99.7 cm³/mol. The molecule has 2 N–H and O–H groups in total. The van der Waals surface area contributed by atoms with Gasteiger partial charge in [-0.15, -0.1) is 21.5 Å². The van der Waals surface area contributed by atoms with Crippen molar-refractivity contribution in [1.29, 1.82) is 0 Å². The molecule has 7 nitrogen and oxygen atoms in total. The number of nitrogens with one attached hydrogen (secondary N) is 2. The number of carbonyl (C=O) groups is 1. The molecule has 3 heterocycles. The summed E-state index contributed by atoms with van der Waals surface area (Å²) in [5, 5.41) is 19.3. The highest BCUT2D eigenvalue weighted by molar-refractivity contribution is 7.09. The summed E-state index contributed by atoms with van der Waals surface area (Å²) in [5.74, 6) is 0.340. The molecule has 26 heavy (non-hydrogen) atoms. The number of benzene rings is 1. The van der Waals surface area contributed by atoms with Crippen molar-refractivity contribution in [2.75, 3.05) is 13.1 Å². The Morgan fingerprint density at radius 2 is 2.23 bits per heavy atom. The van der Waals surface area contributed by atoms with Gasteiger partial charge >= 0.3 is 0 Å². The zero-order chi connectivity index (χ0) is 17.8. The van der Waals surface area contributed by atoms with E-state index in [-0.39, 0.29) is 11.9 Å². The highest BCUT2D eigenvalue weighted by Crippen LogP contribution is 2.20. The summed E-state index contributed by atoms with van der Waals surface area (Å²) in [5.41, 5.74) is 1.26. The van der Waals surface area contributed by atoms with Gasteiger partial charge in [-0.2, -0.15) is 5.21 Å². The molecule has 0 saturated carbocycles. The first-order chi connectivity index (χ1) is 12.8. The number of aromatic nitrogens is 4. The largest absolute Gasteiger partial charge is 0.348 e. The molecule has 4 rings (SSSR count). The fraction of sp³-hybridized carbons (Fsp3) is 0.333. The smallest absolute Gasteiger partial charge is 0.252 e. The molecular formula is C18H20N6OS. The van der Waals surface area contributed by atoms with Crippen LogP contribution in [0.15, 0.2) is 41.8 Å². The Kier molecular flexibility index (Phi) is 5.03. The van der Waals surface area contributed by atoms with Crippen LogP contribution in [0.1, 0.15) is 28.1 Å². The van der Waals surface area contributed by atoms with Gasteiger partial charge in [-0.1, -0.05) is 24.3 Å². The van der Waals surface area contributed by atoms with Crippen LogP contribution in [0.5, 0.6) is 0 Å². The van der Waals surface area contributed by atoms with E-state index in [0.29, 0.717) is 17.0 Å². The summed E-state index contributed by atoms with van der Waals surface area (Å²) >= 11 is 1.78. The highest BCUT2D eigenvalue weighted by atomic mass is 32.1. The van der Waals surface area contributed by atoms with Crippen molar-refractivity contribution in [3.8, 4) is 11.4 Å². The monoisotopic (exact) mass is 368 g/mol. The van der Waals surface area contributed by atoms with E-state index in [4.69, 9.17) is 0 Å². The third kappa shape index (κ3) is 3.81. The summed E-state index contributed by atoms with van der Waals surface area (Å²) < 4.78 is 0. The van der Waals surface area contributed by atoms with E-state index in [1.807, 2.05) is 18.2 Å². The summed E-state index contributed by atoms with van der Waals surface area (Å²) in [6, 6.07) is 11.7. The lowest BCUT2D eigenvalue weighted by atomic mass is 10.0. The molecule has 1 amide bonds. The van der Waals surface area contributed by atoms with Gasteiger partial charge < -0.3 is 5.32 Å². The van der Waals surface area contributed by atoms with Crippen LogP contribution in [-0.4, -0.2) is 50.6 Å². The summed E-state index contributed by atoms with van der Waals surface area (Å²) in [4.78, 5) is 16.6. The molecule has 0 radical (unpaired) electrons. The Hall–Kier alpha value is -2.58. The molecule has 2 aromatic heterocycles. The Labute approximate surface area is 155 Å². The number of tetrazole rings is 1. The third-order valence-corrected chi connectivity index (χ3v) is 5.42. The minimum atomic E-state index is -0.0895. The maximum Gasteiger partial charge on any atom is 0.252 e. The Morgan fingerprint density at radius 3 is 3.04 bits per heavy atom. The summed E-state index contributed by atoms with van der Waals surface area (Å²) in [6.07, 6.45) is 2.08. The van der Waals surface area contributed by atoms with E-state index in [9.17, 15) is 4.79 Å². The van der Waals surface area contributed by atoms with Gasteiger partial charge in [0.1, 0.15) is 0 Å². The molecule has 0 spiro atoms. The van der Waals surface area contributed by atoms with Crippen molar-refractivity contribution in [2.45, 2.75) is 25.4 Å². The van der Waals surface area contributed by atoms with Gasteiger partial charge in [-0.3, -0.25) is 9.69 Å². The topological polar surface area (TPSA) is 86.8 Å². The minimum absolute atomic E-state index is 0.0895. The lowest BCUT2D eigenvalue weighted by Crippen LogP contribution is -2.47. The van der Waals surface area contributed by atoms with Crippen LogP contribution in [-0.2, 0) is 6.54 Å². The van der Waals surface area contributed by atoms with E-state index in [0.717, 1.165) is 32.5 Å². The molecule has 1 aliphatic heterocycles. The van der Waals surface area contributed by atoms with Crippen LogP contribution < -0.4 is 5.32 Å². The van der Waals surface area contributed by atoms with E-state index in [1.165, 1.54) is 4.88 Å². The number of H-pyrrole nitrogens is 1. The number of nitrogens with zero attached hydrogens (tertiary/aromatic N) is 4. The highest BCUT2D eigenvalue weighted by Gasteiger charge is 2.23. The fourth-order valence-electron chi connectivity index (χ4n) is 3.36. The van der Waals surface area contributed by atoms with Gasteiger partial charge in [0.15, 0.2) is 0 Å². The maximum absolute atomic E-state index is 12.8. The number of likely N-dealkylation sites (tertiary alicyclic amines) is 1. The molecular weight excluding hydrogens is 348 g/mol. The predicted octanol–water partition coefficient (Wildman–Crippen LogP) is 2.32. The van der Waals surface area contributed by atoms with Crippen LogP contribution in [0.2, 0.25) is 0 Å². The van der Waals surface area contributed by atoms with Crippen LogP contribution in [0.25, 0.3) is 11.4 Å². The lowest BCUT2D eigenvalue weighted by molar-refractivity contribution is 0.0902. The van der Waals surface area contributed by atoms with Crippen molar-refractivity contribution in [1.82, 2.24) is 30.8 Å². The Balaban J connectivity index is 1.43. The molecule has 1 aromatic carbocycles. The number of aromatic amines is 1. The van der Waals surface area contributed by atoms with Crippen LogP contribution in [0, 0.1) is 0 Å². The van der Waals surface area contributed by atoms with Crippen molar-refractivity contribution in [2.24, 2.45) is 0 Å². The number of thiophene rings is 1. The Bertz CT molecular complexity index is 848.